The molecule has 2 bridgehead atoms. The predicted molar refractivity (Wildman–Crippen MR) is 108 cm³/mol. The fourth-order valence-corrected chi connectivity index (χ4v) is 4.73. The van der Waals surface area contributed by atoms with Crippen LogP contribution in [0.4, 0.5) is 11.6 Å². The minimum atomic E-state index is 0.121. The van der Waals surface area contributed by atoms with E-state index >= 15 is 0 Å². The van der Waals surface area contributed by atoms with E-state index in [0.717, 1.165) is 43.5 Å². The van der Waals surface area contributed by atoms with Gasteiger partial charge in [-0.1, -0.05) is 6.08 Å². The van der Waals surface area contributed by atoms with Crippen molar-refractivity contribution in [1.29, 1.82) is 0 Å². The zero-order chi connectivity index (χ0) is 19.8. The number of nitrogens with zero attached hydrogens (tertiary/aromatic N) is 5. The number of aromatic nitrogens is 4. The van der Waals surface area contributed by atoms with E-state index in [1.54, 1.807) is 17.1 Å². The fraction of sp³-hybridized carbons (Fsp3) is 0.524. The molecular weight excluding hydrogens is 368 g/mol. The average Bonchev–Trinajstić information content (AvgIpc) is 3.27. The Morgan fingerprint density at radius 1 is 1.24 bits per heavy atom. The highest BCUT2D eigenvalue weighted by atomic mass is 16.5. The zero-order valence-electron chi connectivity index (χ0n) is 16.6. The van der Waals surface area contributed by atoms with Gasteiger partial charge in [0.05, 0.1) is 23.6 Å². The molecule has 8 heteroatoms. The van der Waals surface area contributed by atoms with Gasteiger partial charge in [-0.25, -0.2) is 9.97 Å². The number of fused-ring (bicyclic) bond motifs is 2. The molecule has 2 saturated heterocycles. The predicted octanol–water partition coefficient (Wildman–Crippen LogP) is 2.53. The van der Waals surface area contributed by atoms with Crippen LogP contribution in [0.3, 0.4) is 0 Å². The second-order valence-electron chi connectivity index (χ2n) is 8.12. The Labute approximate surface area is 170 Å². The van der Waals surface area contributed by atoms with Gasteiger partial charge in [0.1, 0.15) is 0 Å². The number of hydrogen-bond donors (Lipinski definition) is 1. The van der Waals surface area contributed by atoms with Crippen LogP contribution in [-0.4, -0.2) is 55.9 Å². The Bertz CT molecular complexity index is 933. The van der Waals surface area contributed by atoms with Crippen molar-refractivity contribution in [2.45, 2.75) is 44.2 Å². The van der Waals surface area contributed by atoms with E-state index in [9.17, 15) is 4.79 Å². The van der Waals surface area contributed by atoms with Crippen LogP contribution in [0.25, 0.3) is 5.57 Å². The van der Waals surface area contributed by atoms with E-state index in [1.165, 1.54) is 5.57 Å². The van der Waals surface area contributed by atoms with Crippen molar-refractivity contribution in [3.8, 4) is 0 Å². The minimum Gasteiger partial charge on any atom is -0.381 e. The summed E-state index contributed by atoms with van der Waals surface area (Å²) in [6.45, 7) is 1.41. The Morgan fingerprint density at radius 3 is 2.86 bits per heavy atom. The van der Waals surface area contributed by atoms with E-state index in [0.29, 0.717) is 25.1 Å². The number of nitrogens with one attached hydrogen (secondary N) is 1. The smallest absolute Gasteiger partial charge is 0.227 e. The van der Waals surface area contributed by atoms with Crippen molar-refractivity contribution in [2.24, 2.45) is 13.0 Å². The first-order valence-corrected chi connectivity index (χ1v) is 10.4. The third-order valence-corrected chi connectivity index (χ3v) is 6.17. The molecule has 5 heterocycles. The molecule has 0 saturated carbocycles. The number of aryl methyl sites for hydroxylation is 1. The highest BCUT2D eigenvalue weighted by Crippen LogP contribution is 2.39. The number of carbonyl (C=O) groups is 1. The van der Waals surface area contributed by atoms with Crippen molar-refractivity contribution in [1.82, 2.24) is 24.6 Å². The molecule has 3 aliphatic rings. The molecule has 0 spiro atoms. The van der Waals surface area contributed by atoms with Crippen molar-refractivity contribution >= 4 is 23.1 Å². The van der Waals surface area contributed by atoms with E-state index in [-0.39, 0.29) is 18.0 Å². The average molecular weight is 394 g/mol. The monoisotopic (exact) mass is 394 g/mol. The standard InChI is InChI=1S/C21H26N6O2/c1-26-13-16(12-23-26)24-21-22-7-4-19(25-21)15-10-17-2-3-18(11-15)27(17)20(28)14-5-8-29-9-6-14/h4,7,10,12-14,17-18H,2-3,5-6,8-9,11H2,1H3,(H,22,24,25). The molecular formula is C21H26N6O2. The lowest BCUT2D eigenvalue weighted by molar-refractivity contribution is -0.140. The lowest BCUT2D eigenvalue weighted by Crippen LogP contribution is -2.47. The second-order valence-corrected chi connectivity index (χ2v) is 8.12. The third-order valence-electron chi connectivity index (χ3n) is 6.17. The molecule has 152 valence electrons. The molecule has 1 amide bonds. The Balaban J connectivity index is 1.34. The summed E-state index contributed by atoms with van der Waals surface area (Å²) in [6, 6.07) is 2.42. The zero-order valence-corrected chi connectivity index (χ0v) is 16.6. The van der Waals surface area contributed by atoms with Crippen molar-refractivity contribution in [3.63, 3.8) is 0 Å². The summed E-state index contributed by atoms with van der Waals surface area (Å²) in [5, 5.41) is 7.36. The largest absolute Gasteiger partial charge is 0.381 e. The molecule has 8 nitrogen and oxygen atoms in total. The first kappa shape index (κ1) is 18.3. The Hall–Kier alpha value is -2.74. The fourth-order valence-electron chi connectivity index (χ4n) is 4.73. The van der Waals surface area contributed by atoms with Crippen LogP contribution >= 0.6 is 0 Å². The first-order valence-electron chi connectivity index (χ1n) is 10.4. The summed E-state index contributed by atoms with van der Waals surface area (Å²) in [5.41, 5.74) is 3.00. The summed E-state index contributed by atoms with van der Waals surface area (Å²) >= 11 is 0. The third kappa shape index (κ3) is 3.64. The van der Waals surface area contributed by atoms with Crippen LogP contribution in [0.1, 0.15) is 37.8 Å². The van der Waals surface area contributed by atoms with Crippen molar-refractivity contribution in [2.75, 3.05) is 18.5 Å². The molecule has 2 atom stereocenters. The van der Waals surface area contributed by atoms with Gasteiger partial charge in [-0.05, 0) is 43.7 Å². The van der Waals surface area contributed by atoms with Gasteiger partial charge < -0.3 is 15.0 Å². The lowest BCUT2D eigenvalue weighted by Gasteiger charge is -2.37. The first-order chi connectivity index (χ1) is 14.2. The van der Waals surface area contributed by atoms with E-state index in [2.05, 4.69) is 26.4 Å². The highest BCUT2D eigenvalue weighted by Gasteiger charge is 2.42. The van der Waals surface area contributed by atoms with Gasteiger partial charge in [0, 0.05) is 44.6 Å². The summed E-state index contributed by atoms with van der Waals surface area (Å²) in [7, 11) is 1.87. The molecule has 2 aromatic rings. The Kier molecular flexibility index (Phi) is 4.79. The SMILES string of the molecule is Cn1cc(Nc2nccc(C3=CC4CCC(C3)N4C(=O)C3CCOCC3)n2)cn1. The maximum Gasteiger partial charge on any atom is 0.227 e. The number of carbonyl (C=O) groups excluding carboxylic acids is 1. The maximum absolute atomic E-state index is 13.1. The summed E-state index contributed by atoms with van der Waals surface area (Å²) in [4.78, 5) is 24.3. The van der Waals surface area contributed by atoms with Gasteiger partial charge in [0.2, 0.25) is 11.9 Å². The number of ether oxygens (including phenoxy) is 1. The number of rotatable bonds is 4. The molecule has 0 radical (unpaired) electrons. The summed E-state index contributed by atoms with van der Waals surface area (Å²) < 4.78 is 7.16. The van der Waals surface area contributed by atoms with Crippen molar-refractivity contribution < 1.29 is 9.53 Å². The normalized spacial score (nSPS) is 24.4. The molecule has 2 aromatic heterocycles. The molecule has 3 aliphatic heterocycles. The van der Waals surface area contributed by atoms with Gasteiger partial charge in [-0.15, -0.1) is 0 Å². The molecule has 0 aromatic carbocycles. The van der Waals surface area contributed by atoms with Crippen molar-refractivity contribution in [3.05, 3.63) is 36.4 Å². The van der Waals surface area contributed by atoms with Gasteiger partial charge >= 0.3 is 0 Å². The van der Waals surface area contributed by atoms with Gasteiger partial charge in [0.15, 0.2) is 0 Å². The quantitative estimate of drug-likeness (QED) is 0.858. The van der Waals surface area contributed by atoms with Crippen LogP contribution in [0, 0.1) is 5.92 Å². The van der Waals surface area contributed by atoms with E-state index in [1.807, 2.05) is 19.3 Å². The minimum absolute atomic E-state index is 0.121. The highest BCUT2D eigenvalue weighted by molar-refractivity contribution is 5.82. The van der Waals surface area contributed by atoms with Gasteiger partial charge in [-0.2, -0.15) is 5.10 Å². The Morgan fingerprint density at radius 2 is 2.10 bits per heavy atom. The maximum atomic E-state index is 13.1. The summed E-state index contributed by atoms with van der Waals surface area (Å²) in [5.74, 6) is 0.998. The van der Waals surface area contributed by atoms with Gasteiger partial charge in [0.25, 0.3) is 0 Å². The molecule has 2 fully saturated rings. The van der Waals surface area contributed by atoms with Crippen LogP contribution in [0.5, 0.6) is 0 Å². The molecule has 29 heavy (non-hydrogen) atoms. The second kappa shape index (κ2) is 7.59. The summed E-state index contributed by atoms with van der Waals surface area (Å²) in [6.07, 6.45) is 12.3. The van der Waals surface area contributed by atoms with Gasteiger partial charge in [-0.3, -0.25) is 9.48 Å². The molecule has 0 aliphatic carbocycles. The molecule has 1 N–H and O–H groups in total. The van der Waals surface area contributed by atoms with Crippen LogP contribution in [0.15, 0.2) is 30.7 Å². The van der Waals surface area contributed by atoms with E-state index in [4.69, 9.17) is 9.72 Å². The van der Waals surface area contributed by atoms with E-state index < -0.39 is 0 Å². The van der Waals surface area contributed by atoms with Crippen LogP contribution in [-0.2, 0) is 16.6 Å². The topological polar surface area (TPSA) is 85.2 Å². The number of amides is 1. The molecule has 5 rings (SSSR count). The lowest BCUT2D eigenvalue weighted by atomic mass is 9.93. The number of anilines is 2. The van der Waals surface area contributed by atoms with Crippen LogP contribution in [0.2, 0.25) is 0 Å². The molecule has 2 unspecified atom stereocenters. The number of hydrogen-bond acceptors (Lipinski definition) is 6. The van der Waals surface area contributed by atoms with Crippen LogP contribution < -0.4 is 5.32 Å².